The molecule has 2 aromatic heterocycles. The van der Waals surface area contributed by atoms with E-state index in [1.807, 2.05) is 12.1 Å². The number of nitrogens with one attached hydrogen (secondary N) is 3. The molecule has 9 nitrogen and oxygen atoms in total. The van der Waals surface area contributed by atoms with Crippen molar-refractivity contribution in [1.82, 2.24) is 25.6 Å². The van der Waals surface area contributed by atoms with E-state index >= 15 is 0 Å². The molecule has 1 aliphatic carbocycles. The second kappa shape index (κ2) is 9.23. The third-order valence-electron chi connectivity index (χ3n) is 4.83. The number of pyridine rings is 1. The first-order valence-corrected chi connectivity index (χ1v) is 9.22. The van der Waals surface area contributed by atoms with Gasteiger partial charge in [0.1, 0.15) is 0 Å². The third kappa shape index (κ3) is 5.01. The number of hydrogen-bond acceptors (Lipinski definition) is 7. The Morgan fingerprint density at radius 2 is 2.00 bits per heavy atom. The van der Waals surface area contributed by atoms with Gasteiger partial charge < -0.3 is 21.1 Å². The first kappa shape index (κ1) is 19.7. The summed E-state index contributed by atoms with van der Waals surface area (Å²) in [6.07, 6.45) is 6.93. The van der Waals surface area contributed by atoms with Crippen molar-refractivity contribution in [2.45, 2.75) is 38.0 Å². The summed E-state index contributed by atoms with van der Waals surface area (Å²) >= 11 is 0. The molecule has 3 rings (SSSR count). The minimum Gasteiger partial charge on any atom is -0.391 e. The zero-order chi connectivity index (χ0) is 19.9. The number of nitrogens with zero attached hydrogens (tertiary/aromatic N) is 3. The molecule has 0 aromatic carbocycles. The monoisotopic (exact) mass is 384 g/mol. The average molecular weight is 384 g/mol. The van der Waals surface area contributed by atoms with Gasteiger partial charge in [0.15, 0.2) is 0 Å². The van der Waals surface area contributed by atoms with E-state index in [9.17, 15) is 14.7 Å². The molecule has 0 radical (unpaired) electrons. The normalized spacial score (nSPS) is 21.6. The van der Waals surface area contributed by atoms with Crippen LogP contribution < -0.4 is 16.0 Å². The predicted molar refractivity (Wildman–Crippen MR) is 102 cm³/mol. The average Bonchev–Trinajstić information content (AvgIpc) is 2.74. The first-order valence-electron chi connectivity index (χ1n) is 9.22. The number of anilines is 1. The zero-order valence-electron chi connectivity index (χ0n) is 15.6. The maximum absolute atomic E-state index is 12.5. The summed E-state index contributed by atoms with van der Waals surface area (Å²) in [6.45, 7) is 0.401. The van der Waals surface area contributed by atoms with Gasteiger partial charge in [-0.15, -0.1) is 0 Å². The Morgan fingerprint density at radius 3 is 2.68 bits per heavy atom. The quantitative estimate of drug-likeness (QED) is 0.570. The van der Waals surface area contributed by atoms with Crippen LogP contribution in [-0.4, -0.2) is 51.1 Å². The molecular formula is C19H24N6O3. The Kier molecular flexibility index (Phi) is 6.49. The highest BCUT2D eigenvalue weighted by molar-refractivity contribution is 5.94. The van der Waals surface area contributed by atoms with Crippen LogP contribution in [0.2, 0.25) is 0 Å². The van der Waals surface area contributed by atoms with E-state index < -0.39 is 12.1 Å². The molecule has 3 atom stereocenters. The van der Waals surface area contributed by atoms with Gasteiger partial charge in [-0.1, -0.05) is 6.07 Å². The Labute approximate surface area is 163 Å². The van der Waals surface area contributed by atoms with Gasteiger partial charge in [0.05, 0.1) is 17.7 Å². The molecule has 0 bridgehead atoms. The zero-order valence-corrected chi connectivity index (χ0v) is 15.6. The van der Waals surface area contributed by atoms with Gasteiger partial charge in [-0.2, -0.15) is 0 Å². The molecule has 0 unspecified atom stereocenters. The van der Waals surface area contributed by atoms with Gasteiger partial charge in [0.25, 0.3) is 5.91 Å². The summed E-state index contributed by atoms with van der Waals surface area (Å²) in [6, 6.07) is 3.21. The highest BCUT2D eigenvalue weighted by atomic mass is 16.3. The molecular weight excluding hydrogens is 360 g/mol. The van der Waals surface area contributed by atoms with Crippen molar-refractivity contribution in [2.24, 2.45) is 5.92 Å². The predicted octanol–water partition coefficient (Wildman–Crippen LogP) is 0.489. The summed E-state index contributed by atoms with van der Waals surface area (Å²) < 4.78 is 0. The summed E-state index contributed by atoms with van der Waals surface area (Å²) in [4.78, 5) is 37.0. The molecule has 0 aliphatic heterocycles. The summed E-state index contributed by atoms with van der Waals surface area (Å²) in [5.74, 6) is -0.312. The maximum atomic E-state index is 12.5. The van der Waals surface area contributed by atoms with Crippen molar-refractivity contribution >= 4 is 17.8 Å². The Balaban J connectivity index is 1.55. The molecule has 4 N–H and O–H groups in total. The fourth-order valence-corrected chi connectivity index (χ4v) is 3.21. The van der Waals surface area contributed by atoms with Crippen LogP contribution in [0.3, 0.4) is 0 Å². The SMILES string of the molecule is CNc1ncc(C(=O)N[C@@H]2C[C@@H](C(=O)NCc3cccnc3)CC[C@H]2O)cn1. The number of carbonyl (C=O) groups is 2. The lowest BCUT2D eigenvalue weighted by molar-refractivity contribution is -0.127. The van der Waals surface area contributed by atoms with E-state index in [-0.39, 0.29) is 17.7 Å². The topological polar surface area (TPSA) is 129 Å². The number of carbonyl (C=O) groups excluding carboxylic acids is 2. The molecule has 2 heterocycles. The lowest BCUT2D eigenvalue weighted by Crippen LogP contribution is -2.49. The van der Waals surface area contributed by atoms with Crippen LogP contribution in [0.15, 0.2) is 36.9 Å². The molecule has 1 fully saturated rings. The fraction of sp³-hybridized carbons (Fsp3) is 0.421. The lowest BCUT2D eigenvalue weighted by Gasteiger charge is -2.33. The molecule has 148 valence electrons. The number of amides is 2. The van der Waals surface area contributed by atoms with Crippen molar-refractivity contribution < 1.29 is 14.7 Å². The van der Waals surface area contributed by atoms with E-state index in [2.05, 4.69) is 30.9 Å². The van der Waals surface area contributed by atoms with Crippen LogP contribution in [0.4, 0.5) is 5.95 Å². The molecule has 0 spiro atoms. The lowest BCUT2D eigenvalue weighted by atomic mass is 9.83. The first-order chi connectivity index (χ1) is 13.6. The van der Waals surface area contributed by atoms with Gasteiger partial charge in [-0.3, -0.25) is 14.6 Å². The number of aliphatic hydroxyl groups excluding tert-OH is 1. The van der Waals surface area contributed by atoms with Gasteiger partial charge in [0.2, 0.25) is 11.9 Å². The Bertz CT molecular complexity index is 799. The van der Waals surface area contributed by atoms with Gasteiger partial charge in [0, 0.05) is 44.3 Å². The van der Waals surface area contributed by atoms with Crippen molar-refractivity contribution in [2.75, 3.05) is 12.4 Å². The fourth-order valence-electron chi connectivity index (χ4n) is 3.21. The minimum atomic E-state index is -0.691. The summed E-state index contributed by atoms with van der Waals surface area (Å²) in [7, 11) is 1.69. The molecule has 28 heavy (non-hydrogen) atoms. The second-order valence-corrected chi connectivity index (χ2v) is 6.78. The van der Waals surface area contributed by atoms with E-state index in [1.54, 1.807) is 19.4 Å². The summed E-state index contributed by atoms with van der Waals surface area (Å²) in [5.41, 5.74) is 1.22. The van der Waals surface area contributed by atoms with Crippen LogP contribution >= 0.6 is 0 Å². The molecule has 1 aliphatic rings. The van der Waals surface area contributed by atoms with Gasteiger partial charge in [-0.05, 0) is 30.9 Å². The number of aromatic nitrogens is 3. The van der Waals surface area contributed by atoms with E-state index in [0.717, 1.165) is 5.56 Å². The standard InChI is InChI=1S/C19H24N6O3/c1-20-19-23-10-14(11-24-19)18(28)25-15-7-13(4-5-16(15)26)17(27)22-9-12-3-2-6-21-8-12/h2-3,6,8,10-11,13,15-16,26H,4-5,7,9H2,1H3,(H,22,27)(H,25,28)(H,20,23,24)/t13-,15+,16+/m0/s1. The van der Waals surface area contributed by atoms with Crippen molar-refractivity contribution in [3.63, 3.8) is 0 Å². The highest BCUT2D eigenvalue weighted by Crippen LogP contribution is 2.25. The molecule has 2 aromatic rings. The van der Waals surface area contributed by atoms with Crippen LogP contribution in [0.5, 0.6) is 0 Å². The summed E-state index contributed by atoms with van der Waals surface area (Å²) in [5, 5.41) is 18.7. The molecule has 0 saturated heterocycles. The maximum Gasteiger partial charge on any atom is 0.254 e. The smallest absolute Gasteiger partial charge is 0.254 e. The molecule has 2 amide bonds. The van der Waals surface area contributed by atoms with Crippen molar-refractivity contribution in [1.29, 1.82) is 0 Å². The highest BCUT2D eigenvalue weighted by Gasteiger charge is 2.34. The van der Waals surface area contributed by atoms with Gasteiger partial charge >= 0.3 is 0 Å². The van der Waals surface area contributed by atoms with E-state index in [1.165, 1.54) is 12.4 Å². The molecule has 1 saturated carbocycles. The van der Waals surface area contributed by atoms with Crippen LogP contribution in [0.25, 0.3) is 0 Å². The van der Waals surface area contributed by atoms with Gasteiger partial charge in [-0.25, -0.2) is 9.97 Å². The van der Waals surface area contributed by atoms with Crippen molar-refractivity contribution in [3.05, 3.63) is 48.0 Å². The van der Waals surface area contributed by atoms with Crippen molar-refractivity contribution in [3.8, 4) is 0 Å². The molecule has 9 heteroatoms. The Morgan fingerprint density at radius 1 is 1.21 bits per heavy atom. The number of rotatable bonds is 6. The Hall–Kier alpha value is -3.07. The second-order valence-electron chi connectivity index (χ2n) is 6.78. The van der Waals surface area contributed by atoms with Crippen LogP contribution in [-0.2, 0) is 11.3 Å². The van der Waals surface area contributed by atoms with Crippen LogP contribution in [0, 0.1) is 5.92 Å². The minimum absolute atomic E-state index is 0.0864. The van der Waals surface area contributed by atoms with E-state index in [4.69, 9.17) is 0 Å². The number of hydrogen-bond donors (Lipinski definition) is 4. The van der Waals surface area contributed by atoms with E-state index in [0.29, 0.717) is 37.3 Å². The number of aliphatic hydroxyl groups is 1. The van der Waals surface area contributed by atoms with Crippen LogP contribution in [0.1, 0.15) is 35.2 Å². The third-order valence-corrected chi connectivity index (χ3v) is 4.83. The largest absolute Gasteiger partial charge is 0.391 e.